The average molecular weight is 384 g/mol. The molecule has 0 atom stereocenters. The molecule has 4 rings (SSSR count). The van der Waals surface area contributed by atoms with Gasteiger partial charge < -0.3 is 5.32 Å². The molecule has 0 aliphatic carbocycles. The summed E-state index contributed by atoms with van der Waals surface area (Å²) >= 11 is 0. The maximum Gasteiger partial charge on any atom is 0.266 e. The number of nitrogens with zero attached hydrogens (tertiary/aromatic N) is 1. The first-order valence-electron chi connectivity index (χ1n) is 9.47. The minimum absolute atomic E-state index is 0.0554. The zero-order valence-electron chi connectivity index (χ0n) is 16.2. The number of Topliss-reactive ketones (excluding diaryl/α,β-unsaturated/α-hetero) is 1. The van der Waals surface area contributed by atoms with Crippen LogP contribution in [0.1, 0.15) is 44.4 Å². The minimum atomic E-state index is -0.401. The largest absolute Gasteiger partial charge is 0.388 e. The number of hydrogen-bond acceptors (Lipinski definition) is 4. The predicted octanol–water partition coefficient (Wildman–Crippen LogP) is 4.79. The molecular formula is C24H20N2O3. The van der Waals surface area contributed by atoms with E-state index in [1.54, 1.807) is 31.2 Å². The van der Waals surface area contributed by atoms with Gasteiger partial charge in [0.05, 0.1) is 16.8 Å². The lowest BCUT2D eigenvalue weighted by atomic mass is 10.0. The second-order valence-corrected chi connectivity index (χ2v) is 6.86. The van der Waals surface area contributed by atoms with Crippen LogP contribution in [0.25, 0.3) is 11.1 Å². The summed E-state index contributed by atoms with van der Waals surface area (Å²) in [6.07, 6.45) is 0.349. The molecule has 0 fully saturated rings. The molecular weight excluding hydrogens is 364 g/mol. The topological polar surface area (TPSA) is 66.5 Å². The van der Waals surface area contributed by atoms with Crippen molar-refractivity contribution in [3.05, 3.63) is 83.4 Å². The van der Waals surface area contributed by atoms with Gasteiger partial charge in [0, 0.05) is 24.7 Å². The number of ketones is 1. The van der Waals surface area contributed by atoms with Crippen molar-refractivity contribution in [2.75, 3.05) is 17.3 Å². The van der Waals surface area contributed by atoms with Crippen molar-refractivity contribution in [1.29, 1.82) is 0 Å². The lowest BCUT2D eigenvalue weighted by Crippen LogP contribution is -2.29. The van der Waals surface area contributed by atoms with Crippen LogP contribution in [0.3, 0.4) is 0 Å². The summed E-state index contributed by atoms with van der Waals surface area (Å²) < 4.78 is 0. The molecule has 1 N–H and O–H groups in total. The monoisotopic (exact) mass is 384 g/mol. The maximum absolute atomic E-state index is 12.9. The summed E-state index contributed by atoms with van der Waals surface area (Å²) in [6, 6.07) is 20.0. The van der Waals surface area contributed by atoms with Crippen LogP contribution in [-0.2, 0) is 0 Å². The zero-order valence-corrected chi connectivity index (χ0v) is 16.2. The van der Waals surface area contributed by atoms with Gasteiger partial charge in [0.15, 0.2) is 5.78 Å². The van der Waals surface area contributed by atoms with Gasteiger partial charge in [-0.25, -0.2) is 4.90 Å². The highest BCUT2D eigenvalue weighted by Crippen LogP contribution is 2.31. The third-order valence-electron chi connectivity index (χ3n) is 5.16. The van der Waals surface area contributed by atoms with Gasteiger partial charge in [-0.1, -0.05) is 37.3 Å². The lowest BCUT2D eigenvalue weighted by Gasteiger charge is -2.14. The fourth-order valence-electron chi connectivity index (χ4n) is 3.49. The molecule has 0 bridgehead atoms. The van der Waals surface area contributed by atoms with E-state index in [1.807, 2.05) is 43.4 Å². The molecule has 1 aliphatic heterocycles. The van der Waals surface area contributed by atoms with E-state index < -0.39 is 5.91 Å². The molecule has 144 valence electrons. The van der Waals surface area contributed by atoms with E-state index in [4.69, 9.17) is 0 Å². The molecule has 29 heavy (non-hydrogen) atoms. The van der Waals surface area contributed by atoms with Crippen LogP contribution in [0, 0.1) is 0 Å². The van der Waals surface area contributed by atoms with Gasteiger partial charge in [-0.15, -0.1) is 0 Å². The number of imide groups is 1. The highest BCUT2D eigenvalue weighted by atomic mass is 16.2. The normalized spacial score (nSPS) is 12.8. The number of anilines is 2. The van der Waals surface area contributed by atoms with Crippen LogP contribution in [0.2, 0.25) is 0 Å². The van der Waals surface area contributed by atoms with E-state index in [-0.39, 0.29) is 17.3 Å². The molecule has 1 aliphatic rings. The minimum Gasteiger partial charge on any atom is -0.388 e. The van der Waals surface area contributed by atoms with Gasteiger partial charge >= 0.3 is 0 Å². The van der Waals surface area contributed by atoms with Crippen molar-refractivity contribution in [3.8, 4) is 11.1 Å². The number of carbonyl (C=O) groups excluding carboxylic acids is 3. The number of amides is 2. The van der Waals surface area contributed by atoms with Crippen molar-refractivity contribution in [3.63, 3.8) is 0 Å². The maximum atomic E-state index is 12.9. The van der Waals surface area contributed by atoms with Crippen LogP contribution >= 0.6 is 0 Å². The summed E-state index contributed by atoms with van der Waals surface area (Å²) in [6.45, 7) is 1.77. The Bertz CT molecular complexity index is 1120. The summed E-state index contributed by atoms with van der Waals surface area (Å²) in [5.74, 6) is -0.825. The Morgan fingerprint density at radius 2 is 1.41 bits per heavy atom. The number of carbonyl (C=O) groups is 3. The number of benzene rings is 3. The number of fused-ring (bicyclic) bond motifs is 1. The van der Waals surface area contributed by atoms with Crippen LogP contribution in [0.5, 0.6) is 0 Å². The predicted molar refractivity (Wildman–Crippen MR) is 114 cm³/mol. The molecule has 1 heterocycles. The van der Waals surface area contributed by atoms with Gasteiger partial charge in [-0.3, -0.25) is 14.4 Å². The highest BCUT2D eigenvalue weighted by Gasteiger charge is 2.37. The molecule has 0 spiro atoms. The molecule has 3 aromatic rings. The van der Waals surface area contributed by atoms with Crippen molar-refractivity contribution < 1.29 is 14.4 Å². The third-order valence-corrected chi connectivity index (χ3v) is 5.16. The summed E-state index contributed by atoms with van der Waals surface area (Å²) in [4.78, 5) is 38.8. The van der Waals surface area contributed by atoms with Crippen LogP contribution in [0.4, 0.5) is 11.4 Å². The Hall–Kier alpha value is -3.73. The SMILES string of the molecule is CCC(=O)c1ccc2c(c1)C(=O)N(c1ccc(-c3ccc(NC)cc3)cc1)C2=O. The Morgan fingerprint density at radius 1 is 0.828 bits per heavy atom. The summed E-state index contributed by atoms with van der Waals surface area (Å²) in [5.41, 5.74) is 4.63. The van der Waals surface area contributed by atoms with Gasteiger partial charge in [-0.05, 0) is 47.5 Å². The number of nitrogens with one attached hydrogen (secondary N) is 1. The molecule has 0 saturated carbocycles. The first-order valence-corrected chi connectivity index (χ1v) is 9.47. The average Bonchev–Trinajstić information content (AvgIpc) is 3.03. The standard InChI is InChI=1S/C24H20N2O3/c1-3-22(27)17-8-13-20-21(14-17)24(29)26(23(20)28)19-11-6-16(7-12-19)15-4-9-18(25-2)10-5-15/h4-14,25H,3H2,1-2H3. The molecule has 2 amide bonds. The smallest absolute Gasteiger partial charge is 0.266 e. The fourth-order valence-corrected chi connectivity index (χ4v) is 3.49. The second-order valence-electron chi connectivity index (χ2n) is 6.86. The Morgan fingerprint density at radius 3 is 2.00 bits per heavy atom. The quantitative estimate of drug-likeness (QED) is 0.507. The van der Waals surface area contributed by atoms with E-state index in [0.717, 1.165) is 16.8 Å². The lowest BCUT2D eigenvalue weighted by molar-refractivity contribution is 0.0925. The molecule has 0 radical (unpaired) electrons. The molecule has 0 saturated heterocycles. The van der Waals surface area contributed by atoms with Crippen LogP contribution in [0.15, 0.2) is 66.7 Å². The Labute approximate surface area is 169 Å². The van der Waals surface area contributed by atoms with E-state index in [2.05, 4.69) is 5.32 Å². The van der Waals surface area contributed by atoms with Gasteiger partial charge in [0.2, 0.25) is 0 Å². The van der Waals surface area contributed by atoms with E-state index in [0.29, 0.717) is 23.2 Å². The number of rotatable bonds is 5. The molecule has 0 aromatic heterocycles. The van der Waals surface area contributed by atoms with Crippen molar-refractivity contribution in [2.24, 2.45) is 0 Å². The van der Waals surface area contributed by atoms with Gasteiger partial charge in [0.1, 0.15) is 0 Å². The van der Waals surface area contributed by atoms with Crippen molar-refractivity contribution in [1.82, 2.24) is 0 Å². The van der Waals surface area contributed by atoms with E-state index >= 15 is 0 Å². The van der Waals surface area contributed by atoms with E-state index in [1.165, 1.54) is 11.0 Å². The fraction of sp³-hybridized carbons (Fsp3) is 0.125. The van der Waals surface area contributed by atoms with E-state index in [9.17, 15) is 14.4 Å². The summed E-state index contributed by atoms with van der Waals surface area (Å²) in [5, 5.41) is 3.08. The molecule has 5 nitrogen and oxygen atoms in total. The second kappa shape index (κ2) is 7.36. The Balaban J connectivity index is 1.63. The zero-order chi connectivity index (χ0) is 20.5. The molecule has 5 heteroatoms. The first kappa shape index (κ1) is 18.6. The van der Waals surface area contributed by atoms with Gasteiger partial charge in [-0.2, -0.15) is 0 Å². The first-order chi connectivity index (χ1) is 14.0. The summed E-state index contributed by atoms with van der Waals surface area (Å²) in [7, 11) is 1.87. The van der Waals surface area contributed by atoms with Crippen LogP contribution in [-0.4, -0.2) is 24.6 Å². The number of hydrogen-bond donors (Lipinski definition) is 1. The van der Waals surface area contributed by atoms with Crippen molar-refractivity contribution >= 4 is 29.0 Å². The van der Waals surface area contributed by atoms with Crippen LogP contribution < -0.4 is 10.2 Å². The Kier molecular flexibility index (Phi) is 4.72. The third kappa shape index (κ3) is 3.21. The highest BCUT2D eigenvalue weighted by molar-refractivity contribution is 6.34. The van der Waals surface area contributed by atoms with Crippen molar-refractivity contribution in [2.45, 2.75) is 13.3 Å². The molecule has 3 aromatic carbocycles. The molecule has 0 unspecified atom stereocenters. The van der Waals surface area contributed by atoms with Gasteiger partial charge in [0.25, 0.3) is 11.8 Å².